The number of aromatic hydroxyl groups is 1. The van der Waals surface area contributed by atoms with E-state index in [2.05, 4.69) is 29.0 Å². The molecule has 0 spiro atoms. The van der Waals surface area contributed by atoms with Crippen LogP contribution in [0, 0.1) is 6.92 Å². The third-order valence-electron chi connectivity index (χ3n) is 5.05. The maximum absolute atomic E-state index is 12.6. The van der Waals surface area contributed by atoms with E-state index in [0.717, 1.165) is 16.1 Å². The molecule has 0 atom stereocenters. The smallest absolute Gasteiger partial charge is 0.196 e. The number of phenolic OH excluding ortho intramolecular Hbond substituents is 1. The van der Waals surface area contributed by atoms with E-state index < -0.39 is 0 Å². The molecule has 0 aliphatic rings. The fourth-order valence-electron chi connectivity index (χ4n) is 3.68. The van der Waals surface area contributed by atoms with Crippen LogP contribution in [0.2, 0.25) is 0 Å². The number of aromatic nitrogens is 1. The number of hydrogen-bond acceptors (Lipinski definition) is 6. The van der Waals surface area contributed by atoms with Gasteiger partial charge >= 0.3 is 0 Å². The highest BCUT2D eigenvalue weighted by Gasteiger charge is 2.21. The third kappa shape index (κ3) is 2.78. The summed E-state index contributed by atoms with van der Waals surface area (Å²) >= 11 is 1.50. The fraction of sp³-hybridized carbons (Fsp3) is 0.130. The zero-order chi connectivity index (χ0) is 20.8. The van der Waals surface area contributed by atoms with Crippen LogP contribution in [0.15, 0.2) is 72.7 Å². The zero-order valence-corrected chi connectivity index (χ0v) is 17.2. The van der Waals surface area contributed by atoms with E-state index in [4.69, 9.17) is 13.8 Å². The Morgan fingerprint density at radius 1 is 1.17 bits per heavy atom. The minimum Gasteiger partial charge on any atom is -0.506 e. The highest BCUT2D eigenvalue weighted by molar-refractivity contribution is 7.07. The Kier molecular flexibility index (Phi) is 4.33. The van der Waals surface area contributed by atoms with Gasteiger partial charge in [0, 0.05) is 18.0 Å². The summed E-state index contributed by atoms with van der Waals surface area (Å²) in [5, 5.41) is 13.2. The number of furan rings is 1. The molecule has 30 heavy (non-hydrogen) atoms. The average molecular weight is 418 g/mol. The van der Waals surface area contributed by atoms with Gasteiger partial charge in [-0.15, -0.1) is 11.3 Å². The first kappa shape index (κ1) is 18.4. The van der Waals surface area contributed by atoms with Crippen molar-refractivity contribution in [1.29, 1.82) is 0 Å². The van der Waals surface area contributed by atoms with Crippen molar-refractivity contribution in [2.24, 2.45) is 4.99 Å². The predicted octanol–water partition coefficient (Wildman–Crippen LogP) is 5.34. The lowest BCUT2D eigenvalue weighted by Gasteiger charge is -2.08. The molecule has 0 unspecified atom stereocenters. The summed E-state index contributed by atoms with van der Waals surface area (Å²) < 4.78 is 13.6. The number of phenols is 1. The van der Waals surface area contributed by atoms with E-state index in [1.807, 2.05) is 18.2 Å². The normalized spacial score (nSPS) is 12.3. The van der Waals surface area contributed by atoms with Crippen LogP contribution in [0.4, 0.5) is 5.69 Å². The maximum Gasteiger partial charge on any atom is 0.196 e. The predicted molar refractivity (Wildman–Crippen MR) is 117 cm³/mol. The molecule has 3 aromatic heterocycles. The van der Waals surface area contributed by atoms with Gasteiger partial charge in [-0.1, -0.05) is 30.3 Å². The molecule has 150 valence electrons. The van der Waals surface area contributed by atoms with E-state index in [9.17, 15) is 9.90 Å². The topological polar surface area (TPSA) is 80.9 Å². The fourth-order valence-corrected chi connectivity index (χ4v) is 4.66. The van der Waals surface area contributed by atoms with Crippen molar-refractivity contribution in [1.82, 2.24) is 4.57 Å². The van der Waals surface area contributed by atoms with Gasteiger partial charge in [0.15, 0.2) is 27.1 Å². The van der Waals surface area contributed by atoms with Gasteiger partial charge in [0.2, 0.25) is 0 Å². The van der Waals surface area contributed by atoms with Crippen LogP contribution in [0.3, 0.4) is 0 Å². The van der Waals surface area contributed by atoms with Crippen LogP contribution in [-0.4, -0.2) is 9.67 Å². The second-order valence-corrected chi connectivity index (χ2v) is 7.75. The molecule has 3 heterocycles. The lowest BCUT2D eigenvalue weighted by Crippen LogP contribution is -2.14. The van der Waals surface area contributed by atoms with Crippen molar-refractivity contribution in [3.8, 4) is 17.0 Å². The summed E-state index contributed by atoms with van der Waals surface area (Å²) in [6.45, 7) is 4.46. The second kappa shape index (κ2) is 7.03. The standard InChI is InChI=1S/C23H18N2O4S/c1-3-25-16(14-7-5-4-6-8-14)12-30-23(25)24-19-21-15(9-10-28-21)20(27)18-17(26)11-13(2)29-22(18)19/h4-12,27H,3H2,1-2H3. The van der Waals surface area contributed by atoms with Crippen LogP contribution in [0.25, 0.3) is 33.2 Å². The van der Waals surface area contributed by atoms with Crippen molar-refractivity contribution in [3.05, 3.63) is 74.9 Å². The molecule has 5 aromatic rings. The van der Waals surface area contributed by atoms with Gasteiger partial charge in [0.1, 0.15) is 16.9 Å². The van der Waals surface area contributed by atoms with Crippen LogP contribution in [0.5, 0.6) is 5.75 Å². The molecule has 2 aromatic carbocycles. The molecule has 0 amide bonds. The highest BCUT2D eigenvalue weighted by Crippen LogP contribution is 2.41. The minimum absolute atomic E-state index is 0.108. The lowest BCUT2D eigenvalue weighted by molar-refractivity contribution is 0.484. The summed E-state index contributed by atoms with van der Waals surface area (Å²) in [6.07, 6.45) is 1.47. The van der Waals surface area contributed by atoms with Crippen molar-refractivity contribution in [2.75, 3.05) is 0 Å². The molecule has 0 radical (unpaired) electrons. The Morgan fingerprint density at radius 3 is 2.73 bits per heavy atom. The van der Waals surface area contributed by atoms with Crippen LogP contribution in [-0.2, 0) is 6.54 Å². The Bertz CT molecular complexity index is 1520. The lowest BCUT2D eigenvalue weighted by atomic mass is 10.1. The molecule has 6 nitrogen and oxygen atoms in total. The van der Waals surface area contributed by atoms with Crippen molar-refractivity contribution < 1.29 is 13.9 Å². The van der Waals surface area contributed by atoms with Gasteiger partial charge in [-0.2, -0.15) is 0 Å². The number of hydrogen-bond donors (Lipinski definition) is 1. The molecule has 0 saturated carbocycles. The van der Waals surface area contributed by atoms with E-state index >= 15 is 0 Å². The van der Waals surface area contributed by atoms with Crippen molar-refractivity contribution in [3.63, 3.8) is 0 Å². The largest absolute Gasteiger partial charge is 0.506 e. The molecule has 7 heteroatoms. The summed E-state index contributed by atoms with van der Waals surface area (Å²) in [7, 11) is 0. The molecule has 0 bridgehead atoms. The van der Waals surface area contributed by atoms with Gasteiger partial charge in [0.05, 0.1) is 17.3 Å². The van der Waals surface area contributed by atoms with E-state index in [1.165, 1.54) is 23.7 Å². The molecule has 0 aliphatic carbocycles. The quantitative estimate of drug-likeness (QED) is 0.429. The maximum atomic E-state index is 12.6. The molecular formula is C23H18N2O4S. The minimum atomic E-state index is -0.315. The van der Waals surface area contributed by atoms with E-state index in [-0.39, 0.29) is 22.1 Å². The Labute approximate surface area is 175 Å². The summed E-state index contributed by atoms with van der Waals surface area (Å²) in [6, 6.07) is 13.1. The summed E-state index contributed by atoms with van der Waals surface area (Å²) in [5.74, 6) is 0.287. The number of benzene rings is 2. The molecule has 0 aliphatic heterocycles. The molecule has 0 saturated heterocycles. The summed E-state index contributed by atoms with van der Waals surface area (Å²) in [5.41, 5.74) is 2.83. The second-order valence-electron chi connectivity index (χ2n) is 6.91. The average Bonchev–Trinajstić information content (AvgIpc) is 3.38. The first-order valence-electron chi connectivity index (χ1n) is 9.53. The van der Waals surface area contributed by atoms with Crippen LogP contribution >= 0.6 is 11.3 Å². The number of rotatable bonds is 3. The first-order valence-corrected chi connectivity index (χ1v) is 10.4. The van der Waals surface area contributed by atoms with Crippen molar-refractivity contribution in [2.45, 2.75) is 20.4 Å². The molecule has 5 rings (SSSR count). The van der Waals surface area contributed by atoms with Crippen molar-refractivity contribution >= 4 is 39.0 Å². The van der Waals surface area contributed by atoms with E-state index in [1.54, 1.807) is 13.0 Å². The van der Waals surface area contributed by atoms with Crippen LogP contribution < -0.4 is 10.2 Å². The Balaban J connectivity index is 1.88. The highest BCUT2D eigenvalue weighted by atomic mass is 32.1. The van der Waals surface area contributed by atoms with Gasteiger partial charge < -0.3 is 18.5 Å². The van der Waals surface area contributed by atoms with E-state index in [0.29, 0.717) is 29.0 Å². The Hall–Kier alpha value is -3.58. The van der Waals surface area contributed by atoms with Gasteiger partial charge in [-0.25, -0.2) is 4.99 Å². The molecule has 0 fully saturated rings. The van der Waals surface area contributed by atoms with Gasteiger partial charge in [-0.3, -0.25) is 4.79 Å². The number of nitrogens with zero attached hydrogens (tertiary/aromatic N) is 2. The zero-order valence-electron chi connectivity index (χ0n) is 16.4. The van der Waals surface area contributed by atoms with Gasteiger partial charge in [-0.05, 0) is 25.5 Å². The van der Waals surface area contributed by atoms with Crippen LogP contribution in [0.1, 0.15) is 12.7 Å². The molecule has 1 N–H and O–H groups in total. The summed E-state index contributed by atoms with van der Waals surface area (Å²) in [4.78, 5) is 18.2. The number of aryl methyl sites for hydroxylation is 1. The first-order chi connectivity index (χ1) is 14.6. The SMILES string of the molecule is CCn1c(-c2ccccc2)csc1=Nc1c2occc2c(O)c2c(=O)cc(C)oc12. The number of fused-ring (bicyclic) bond motifs is 2. The third-order valence-corrected chi connectivity index (χ3v) is 5.91. The Morgan fingerprint density at radius 2 is 1.97 bits per heavy atom. The number of thiazole rings is 1. The van der Waals surface area contributed by atoms with Gasteiger partial charge in [0.25, 0.3) is 0 Å². The molecular weight excluding hydrogens is 400 g/mol. The monoisotopic (exact) mass is 418 g/mol.